The van der Waals surface area contributed by atoms with E-state index in [1.807, 2.05) is 30.3 Å². The number of hydrogen-bond donors (Lipinski definition) is 2. The number of amides is 1. The Morgan fingerprint density at radius 1 is 1.00 bits per heavy atom. The Morgan fingerprint density at radius 2 is 1.79 bits per heavy atom. The van der Waals surface area contributed by atoms with E-state index in [1.165, 1.54) is 11.1 Å². The first-order valence-electron chi connectivity index (χ1n) is 9.34. The van der Waals surface area contributed by atoms with E-state index in [1.54, 1.807) is 32.5 Å². The molecule has 1 aromatic heterocycles. The molecular formula is C23H25N3O3. The molecular weight excluding hydrogens is 366 g/mol. The fourth-order valence-electron chi connectivity index (χ4n) is 2.95. The molecule has 0 bridgehead atoms. The predicted molar refractivity (Wildman–Crippen MR) is 115 cm³/mol. The van der Waals surface area contributed by atoms with Gasteiger partial charge in [0.15, 0.2) is 11.5 Å². The molecule has 6 heteroatoms. The highest BCUT2D eigenvalue weighted by atomic mass is 16.5. The van der Waals surface area contributed by atoms with Crippen molar-refractivity contribution in [2.45, 2.75) is 19.9 Å². The maximum absolute atomic E-state index is 12.3. The van der Waals surface area contributed by atoms with Gasteiger partial charge in [-0.25, -0.2) is 4.98 Å². The highest BCUT2D eigenvalue weighted by molar-refractivity contribution is 5.92. The summed E-state index contributed by atoms with van der Waals surface area (Å²) in [5, 5.41) is 6.16. The van der Waals surface area contributed by atoms with Gasteiger partial charge in [-0.05, 0) is 47.9 Å². The van der Waals surface area contributed by atoms with Crippen molar-refractivity contribution in [1.82, 2.24) is 4.98 Å². The minimum atomic E-state index is -0.125. The van der Waals surface area contributed by atoms with Gasteiger partial charge in [-0.1, -0.05) is 30.3 Å². The van der Waals surface area contributed by atoms with E-state index in [2.05, 4.69) is 34.7 Å². The Labute approximate surface area is 170 Å². The third-order valence-electron chi connectivity index (χ3n) is 4.58. The first kappa shape index (κ1) is 20.2. The van der Waals surface area contributed by atoms with E-state index < -0.39 is 0 Å². The summed E-state index contributed by atoms with van der Waals surface area (Å²) in [7, 11) is 3.15. The summed E-state index contributed by atoms with van der Waals surface area (Å²) in [6, 6.07) is 17.3. The van der Waals surface area contributed by atoms with Gasteiger partial charge in [0.2, 0.25) is 5.91 Å². The average molecular weight is 391 g/mol. The van der Waals surface area contributed by atoms with Crippen LogP contribution in [0.3, 0.4) is 0 Å². The molecule has 0 aliphatic rings. The van der Waals surface area contributed by atoms with Crippen LogP contribution < -0.4 is 20.1 Å². The molecule has 2 N–H and O–H groups in total. The Bertz CT molecular complexity index is 971. The summed E-state index contributed by atoms with van der Waals surface area (Å²) in [6.07, 6.45) is 1.88. The van der Waals surface area contributed by atoms with Crippen molar-refractivity contribution in [2.75, 3.05) is 24.9 Å². The van der Waals surface area contributed by atoms with Crippen molar-refractivity contribution in [1.29, 1.82) is 0 Å². The largest absolute Gasteiger partial charge is 0.493 e. The zero-order valence-electron chi connectivity index (χ0n) is 16.9. The highest BCUT2D eigenvalue weighted by Crippen LogP contribution is 2.27. The maximum atomic E-state index is 12.3. The van der Waals surface area contributed by atoms with Crippen molar-refractivity contribution >= 4 is 17.4 Å². The molecule has 0 spiro atoms. The van der Waals surface area contributed by atoms with Crippen LogP contribution >= 0.6 is 0 Å². The number of ether oxygens (including phenoxy) is 2. The molecule has 150 valence electrons. The number of carbonyl (C=O) groups is 1. The molecule has 0 atom stereocenters. The molecule has 1 heterocycles. The Kier molecular flexibility index (Phi) is 6.68. The average Bonchev–Trinajstić information content (AvgIpc) is 2.74. The SMILES string of the molecule is COc1ccc(CC(=O)Nc2ccc(NCc3ccccc3C)nc2)cc1OC. The fourth-order valence-corrected chi connectivity index (χ4v) is 2.95. The summed E-state index contributed by atoms with van der Waals surface area (Å²) < 4.78 is 10.5. The quantitative estimate of drug-likeness (QED) is 0.602. The monoisotopic (exact) mass is 391 g/mol. The minimum Gasteiger partial charge on any atom is -0.493 e. The van der Waals surface area contributed by atoms with Crippen LogP contribution in [0.15, 0.2) is 60.8 Å². The Morgan fingerprint density at radius 3 is 2.48 bits per heavy atom. The lowest BCUT2D eigenvalue weighted by molar-refractivity contribution is -0.115. The molecule has 0 aliphatic heterocycles. The molecule has 0 saturated carbocycles. The lowest BCUT2D eigenvalue weighted by Crippen LogP contribution is -2.14. The predicted octanol–water partition coefficient (Wildman–Crippen LogP) is 4.20. The minimum absolute atomic E-state index is 0.125. The fraction of sp³-hybridized carbons (Fsp3) is 0.217. The second-order valence-electron chi connectivity index (χ2n) is 6.63. The number of aromatic nitrogens is 1. The molecule has 3 rings (SSSR count). The molecule has 1 amide bonds. The highest BCUT2D eigenvalue weighted by Gasteiger charge is 2.09. The van der Waals surface area contributed by atoms with Gasteiger partial charge in [0, 0.05) is 6.54 Å². The number of nitrogens with one attached hydrogen (secondary N) is 2. The number of carbonyl (C=O) groups excluding carboxylic acids is 1. The summed E-state index contributed by atoms with van der Waals surface area (Å²) in [4.78, 5) is 16.7. The van der Waals surface area contributed by atoms with Gasteiger partial charge in [-0.2, -0.15) is 0 Å². The van der Waals surface area contributed by atoms with E-state index in [0.717, 1.165) is 11.4 Å². The van der Waals surface area contributed by atoms with Crippen molar-refractivity contribution in [3.8, 4) is 11.5 Å². The van der Waals surface area contributed by atoms with Gasteiger partial charge in [0.05, 0.1) is 32.5 Å². The van der Waals surface area contributed by atoms with Gasteiger partial charge < -0.3 is 20.1 Å². The summed E-state index contributed by atoms with van der Waals surface area (Å²) in [5.41, 5.74) is 3.95. The van der Waals surface area contributed by atoms with Crippen molar-refractivity contribution in [3.63, 3.8) is 0 Å². The number of anilines is 2. The molecule has 0 aliphatic carbocycles. The molecule has 0 fully saturated rings. The molecule has 29 heavy (non-hydrogen) atoms. The summed E-state index contributed by atoms with van der Waals surface area (Å²) >= 11 is 0. The number of aryl methyl sites for hydroxylation is 1. The van der Waals surface area contributed by atoms with E-state index in [9.17, 15) is 4.79 Å². The van der Waals surface area contributed by atoms with Crippen LogP contribution in [-0.4, -0.2) is 25.1 Å². The zero-order valence-corrected chi connectivity index (χ0v) is 16.9. The molecule has 0 radical (unpaired) electrons. The molecule has 2 aromatic carbocycles. The Hall–Kier alpha value is -3.54. The molecule has 0 saturated heterocycles. The van der Waals surface area contributed by atoms with Gasteiger partial charge in [0.1, 0.15) is 5.82 Å². The van der Waals surface area contributed by atoms with E-state index >= 15 is 0 Å². The second-order valence-corrected chi connectivity index (χ2v) is 6.63. The smallest absolute Gasteiger partial charge is 0.228 e. The second kappa shape index (κ2) is 9.59. The number of nitrogens with zero attached hydrogens (tertiary/aromatic N) is 1. The topological polar surface area (TPSA) is 72.5 Å². The number of benzene rings is 2. The summed E-state index contributed by atoms with van der Waals surface area (Å²) in [6.45, 7) is 2.78. The van der Waals surface area contributed by atoms with Crippen LogP contribution in [0, 0.1) is 6.92 Å². The number of pyridine rings is 1. The Balaban J connectivity index is 1.55. The van der Waals surface area contributed by atoms with Crippen molar-refractivity contribution in [3.05, 3.63) is 77.5 Å². The first-order valence-corrected chi connectivity index (χ1v) is 9.34. The van der Waals surface area contributed by atoms with Crippen LogP contribution in [0.4, 0.5) is 11.5 Å². The lowest BCUT2D eigenvalue weighted by atomic mass is 10.1. The third kappa shape index (κ3) is 5.48. The van der Waals surface area contributed by atoms with Crippen molar-refractivity contribution in [2.24, 2.45) is 0 Å². The van der Waals surface area contributed by atoms with Gasteiger partial charge in [-0.15, -0.1) is 0 Å². The van der Waals surface area contributed by atoms with Gasteiger partial charge >= 0.3 is 0 Å². The number of hydrogen-bond acceptors (Lipinski definition) is 5. The van der Waals surface area contributed by atoms with E-state index in [-0.39, 0.29) is 12.3 Å². The van der Waals surface area contributed by atoms with Gasteiger partial charge in [-0.3, -0.25) is 4.79 Å². The van der Waals surface area contributed by atoms with Crippen LogP contribution in [0.5, 0.6) is 11.5 Å². The molecule has 3 aromatic rings. The van der Waals surface area contributed by atoms with Crippen LogP contribution in [0.1, 0.15) is 16.7 Å². The van der Waals surface area contributed by atoms with E-state index in [0.29, 0.717) is 23.7 Å². The lowest BCUT2D eigenvalue weighted by Gasteiger charge is -2.11. The number of methoxy groups -OCH3 is 2. The normalized spacial score (nSPS) is 10.3. The third-order valence-corrected chi connectivity index (χ3v) is 4.58. The first-order chi connectivity index (χ1) is 14.1. The molecule has 0 unspecified atom stereocenters. The van der Waals surface area contributed by atoms with Crippen LogP contribution in [0.25, 0.3) is 0 Å². The molecule has 6 nitrogen and oxygen atoms in total. The zero-order chi connectivity index (χ0) is 20.6. The van der Waals surface area contributed by atoms with Crippen LogP contribution in [-0.2, 0) is 17.8 Å². The number of rotatable bonds is 8. The summed E-state index contributed by atoms with van der Waals surface area (Å²) in [5.74, 6) is 1.86. The van der Waals surface area contributed by atoms with Crippen molar-refractivity contribution < 1.29 is 14.3 Å². The maximum Gasteiger partial charge on any atom is 0.228 e. The van der Waals surface area contributed by atoms with Gasteiger partial charge in [0.25, 0.3) is 0 Å². The standard InChI is InChI=1S/C23H25N3O3/c1-16-6-4-5-7-18(16)14-24-22-11-9-19(15-25-22)26-23(27)13-17-8-10-20(28-2)21(12-17)29-3/h4-12,15H,13-14H2,1-3H3,(H,24,25)(H,26,27). The van der Waals surface area contributed by atoms with E-state index in [4.69, 9.17) is 9.47 Å². The van der Waals surface area contributed by atoms with Crippen LogP contribution in [0.2, 0.25) is 0 Å².